The molecule has 0 aromatic carbocycles. The molecule has 0 saturated carbocycles. The molecule has 0 aliphatic carbocycles. The normalized spacial score (nSPS) is 14.7. The van der Waals surface area contributed by atoms with Crippen molar-refractivity contribution in [1.29, 1.82) is 0 Å². The molecule has 1 heterocycles. The molecule has 0 aliphatic rings. The molecule has 23 heavy (non-hydrogen) atoms. The largest absolute Gasteiger partial charge is 0.443 e. The van der Waals surface area contributed by atoms with Crippen LogP contribution in [0.3, 0.4) is 0 Å². The number of rotatable bonds is 3. The maximum absolute atomic E-state index is 12.8. The van der Waals surface area contributed by atoms with E-state index >= 15 is 0 Å². The lowest BCUT2D eigenvalue weighted by Gasteiger charge is -2.20. The average molecular weight is 364 g/mol. The summed E-state index contributed by atoms with van der Waals surface area (Å²) in [6.45, 7) is 7.85. The number of hydrogen-bond acceptors (Lipinski definition) is 7. The van der Waals surface area contributed by atoms with Crippen LogP contribution in [0.4, 0.5) is 9.59 Å². The molecule has 1 aromatic heterocycles. The summed E-state index contributed by atoms with van der Waals surface area (Å²) in [5.74, 6) is 0. The van der Waals surface area contributed by atoms with Crippen LogP contribution in [0, 0.1) is 0 Å². The summed E-state index contributed by atoms with van der Waals surface area (Å²) in [5, 5.41) is 10.1. The van der Waals surface area contributed by atoms with Crippen molar-refractivity contribution in [3.8, 4) is 0 Å². The Bertz CT molecular complexity index is 721. The van der Waals surface area contributed by atoms with Gasteiger partial charge >= 0.3 is 12.1 Å². The highest BCUT2D eigenvalue weighted by atomic mass is 32.2. The van der Waals surface area contributed by atoms with Gasteiger partial charge in [-0.05, 0) is 34.6 Å². The first kappa shape index (κ1) is 19.3. The number of hydrogen-bond donors (Lipinski definition) is 3. The highest BCUT2D eigenvalue weighted by Gasteiger charge is 2.27. The summed E-state index contributed by atoms with van der Waals surface area (Å²) >= 11 is 0.840. The zero-order valence-corrected chi connectivity index (χ0v) is 15.1. The van der Waals surface area contributed by atoms with E-state index in [1.807, 2.05) is 0 Å². The van der Waals surface area contributed by atoms with E-state index in [1.165, 1.54) is 13.8 Å². The molecule has 9 nitrogen and oxygen atoms in total. The number of carbonyl (C=O) groups excluding carboxylic acids is 2. The summed E-state index contributed by atoms with van der Waals surface area (Å²) < 4.78 is 23.2. The van der Waals surface area contributed by atoms with Gasteiger partial charge in [0.05, 0.1) is 6.20 Å². The first-order chi connectivity index (χ1) is 10.2. The fourth-order valence-electron chi connectivity index (χ4n) is 1.33. The Morgan fingerprint density at radius 2 is 1.96 bits per heavy atom. The molecule has 1 aromatic rings. The van der Waals surface area contributed by atoms with Gasteiger partial charge in [-0.1, -0.05) is 0 Å². The number of carbonyl (C=O) groups is 2. The Morgan fingerprint density at radius 1 is 1.39 bits per heavy atom. The molecular weight excluding hydrogens is 344 g/mol. The maximum atomic E-state index is 12.8. The summed E-state index contributed by atoms with van der Waals surface area (Å²) in [6.07, 6.45) is 0.134. The van der Waals surface area contributed by atoms with E-state index in [-0.39, 0.29) is 9.22 Å². The Morgan fingerprint density at radius 3 is 2.35 bits per heavy atom. The summed E-state index contributed by atoms with van der Waals surface area (Å²) in [6, 6.07) is -1.22. The fraction of sp³-hybridized carbons (Fsp3) is 0.583. The molecule has 4 N–H and O–H groups in total. The van der Waals surface area contributed by atoms with Crippen LogP contribution in [0.2, 0.25) is 0 Å². The van der Waals surface area contributed by atoms with Crippen LogP contribution in [0.1, 0.15) is 39.6 Å². The van der Waals surface area contributed by atoms with Crippen molar-refractivity contribution in [3.63, 3.8) is 0 Å². The minimum atomic E-state index is -3.71. The zero-order chi connectivity index (χ0) is 18.1. The molecule has 0 radical (unpaired) electrons. The molecule has 0 fully saturated rings. The molecule has 1 atom stereocenters. The quantitative estimate of drug-likeness (QED) is 0.745. The van der Waals surface area contributed by atoms with Crippen molar-refractivity contribution in [1.82, 2.24) is 9.71 Å². The van der Waals surface area contributed by atoms with Crippen molar-refractivity contribution in [3.05, 3.63) is 11.2 Å². The van der Waals surface area contributed by atoms with Crippen molar-refractivity contribution in [2.24, 2.45) is 10.1 Å². The molecule has 0 aliphatic heterocycles. The second-order valence-corrected chi connectivity index (χ2v) is 9.27. The summed E-state index contributed by atoms with van der Waals surface area (Å²) in [5.41, 5.74) is 2.86. The molecule has 1 rings (SSSR count). The molecule has 0 spiro atoms. The van der Waals surface area contributed by atoms with Gasteiger partial charge in [-0.2, -0.15) is 0 Å². The second-order valence-electron chi connectivity index (χ2n) is 6.10. The van der Waals surface area contributed by atoms with Crippen molar-refractivity contribution in [2.75, 3.05) is 0 Å². The Kier molecular flexibility index (Phi) is 5.39. The Hall–Kier alpha value is -1.72. The summed E-state index contributed by atoms with van der Waals surface area (Å²) in [4.78, 5) is 26.8. The molecular formula is C12H20N4O5S2. The van der Waals surface area contributed by atoms with E-state index in [2.05, 4.69) is 14.1 Å². The minimum Gasteiger partial charge on any atom is -0.443 e. The number of nitrogens with zero attached hydrogens (tertiary/aromatic N) is 2. The van der Waals surface area contributed by atoms with Crippen LogP contribution in [0.15, 0.2) is 14.8 Å². The van der Waals surface area contributed by atoms with E-state index < -0.39 is 33.2 Å². The number of nitrogens with one attached hydrogen (secondary N) is 1. The van der Waals surface area contributed by atoms with Gasteiger partial charge < -0.3 is 15.6 Å². The molecule has 11 heteroatoms. The van der Waals surface area contributed by atoms with Crippen LogP contribution >= 0.6 is 11.3 Å². The maximum Gasteiger partial charge on any atom is 0.420 e. The van der Waals surface area contributed by atoms with Crippen molar-refractivity contribution >= 4 is 33.4 Å². The number of nitrogens with two attached hydrogens (primary N) is 1. The Balaban J connectivity index is 3.25. The van der Waals surface area contributed by atoms with Crippen LogP contribution in [0.5, 0.6) is 0 Å². The zero-order valence-electron chi connectivity index (χ0n) is 13.4. The lowest BCUT2D eigenvalue weighted by atomic mass is 10.2. The first-order valence-electron chi connectivity index (χ1n) is 6.49. The lowest BCUT2D eigenvalue weighted by molar-refractivity contribution is 0.0571. The number of aliphatic hydroxyl groups is 1. The van der Waals surface area contributed by atoms with Crippen LogP contribution in [0.25, 0.3) is 0 Å². The molecule has 0 bridgehead atoms. The lowest BCUT2D eigenvalue weighted by Crippen LogP contribution is -2.36. The van der Waals surface area contributed by atoms with E-state index in [4.69, 9.17) is 10.5 Å². The number of thiazole rings is 1. The van der Waals surface area contributed by atoms with Gasteiger partial charge in [0, 0.05) is 0 Å². The van der Waals surface area contributed by atoms with Gasteiger partial charge in [-0.15, -0.1) is 15.7 Å². The predicted molar refractivity (Wildman–Crippen MR) is 85.1 cm³/mol. The van der Waals surface area contributed by atoms with Crippen molar-refractivity contribution < 1.29 is 23.6 Å². The highest BCUT2D eigenvalue weighted by molar-refractivity contribution is 7.94. The average Bonchev–Trinajstić information content (AvgIpc) is 2.72. The SMILES string of the molecule is CC(C)(C)OC(=O)NS(=O)(=NC(N)=O)c1cnc(C(C)(C)O)s1. The third kappa shape index (κ3) is 5.77. The topological polar surface area (TPSA) is 144 Å². The number of amides is 3. The molecule has 1 unspecified atom stereocenters. The van der Waals surface area contributed by atoms with Crippen LogP contribution in [-0.2, 0) is 20.3 Å². The van der Waals surface area contributed by atoms with E-state index in [0.29, 0.717) is 0 Å². The van der Waals surface area contributed by atoms with Crippen molar-refractivity contribution in [2.45, 2.75) is 50.0 Å². The molecule has 130 valence electrons. The van der Waals surface area contributed by atoms with E-state index in [9.17, 15) is 18.9 Å². The number of primary amides is 1. The van der Waals surface area contributed by atoms with Gasteiger partial charge in [0.1, 0.15) is 20.4 Å². The summed E-state index contributed by atoms with van der Waals surface area (Å²) in [7, 11) is -3.71. The number of aromatic nitrogens is 1. The van der Waals surface area contributed by atoms with Crippen LogP contribution in [-0.4, -0.2) is 32.0 Å². The second kappa shape index (κ2) is 6.42. The third-order valence-corrected chi connectivity index (χ3v) is 5.68. The van der Waals surface area contributed by atoms with E-state index in [0.717, 1.165) is 17.5 Å². The number of urea groups is 1. The van der Waals surface area contributed by atoms with Gasteiger partial charge in [-0.3, -0.25) is 0 Å². The van der Waals surface area contributed by atoms with Gasteiger partial charge in [0.25, 0.3) is 0 Å². The smallest absolute Gasteiger partial charge is 0.420 e. The van der Waals surface area contributed by atoms with Crippen LogP contribution < -0.4 is 10.5 Å². The molecule has 3 amide bonds. The monoisotopic (exact) mass is 364 g/mol. The van der Waals surface area contributed by atoms with E-state index in [1.54, 1.807) is 20.8 Å². The highest BCUT2D eigenvalue weighted by Crippen LogP contribution is 2.28. The third-order valence-electron chi connectivity index (χ3n) is 2.12. The van der Waals surface area contributed by atoms with Gasteiger partial charge in [0.15, 0.2) is 9.92 Å². The first-order valence-corrected chi connectivity index (χ1v) is 8.82. The Labute approximate surface area is 138 Å². The fourth-order valence-corrected chi connectivity index (χ4v) is 3.86. The standard InChI is InChI=1S/C12H20N4O5S2/c1-11(2,3)21-10(18)16-23(20,15-9(13)17)7-6-14-8(22-7)12(4,5)19/h6,19H,1-5H3,(H3,13,15,16,17,18,20). The van der Waals surface area contributed by atoms with Gasteiger partial charge in [-0.25, -0.2) is 23.5 Å². The minimum absolute atomic E-state index is 0.0284. The number of ether oxygens (including phenoxy) is 1. The predicted octanol–water partition coefficient (Wildman–Crippen LogP) is 1.72. The van der Waals surface area contributed by atoms with Gasteiger partial charge in [0.2, 0.25) is 0 Å². The molecule has 0 saturated heterocycles.